The lowest BCUT2D eigenvalue weighted by molar-refractivity contribution is -0.124. The average molecular weight is 416 g/mol. The van der Waals surface area contributed by atoms with Crippen LogP contribution in [0.2, 0.25) is 10.0 Å². The molecular weight excluding hydrogens is 401 g/mol. The number of nitrogens with one attached hydrogen (secondary N) is 3. The van der Waals surface area contributed by atoms with Crippen molar-refractivity contribution in [1.82, 2.24) is 10.3 Å². The van der Waals surface area contributed by atoms with Crippen molar-refractivity contribution in [2.75, 3.05) is 5.32 Å². The molecular formula is C16H15Cl2N3O4S. The zero-order chi connectivity index (χ0) is 19.2. The van der Waals surface area contributed by atoms with Crippen LogP contribution >= 0.6 is 23.2 Å². The first-order chi connectivity index (χ1) is 12.3. The third-order valence-corrected chi connectivity index (χ3v) is 4.97. The Morgan fingerprint density at radius 2 is 1.58 bits per heavy atom. The van der Waals surface area contributed by atoms with Crippen molar-refractivity contribution in [3.8, 4) is 0 Å². The molecule has 0 atom stereocenters. The molecule has 2 rings (SSSR count). The van der Waals surface area contributed by atoms with Crippen molar-refractivity contribution in [1.29, 1.82) is 0 Å². The lowest BCUT2D eigenvalue weighted by Gasteiger charge is -2.09. The molecule has 0 fully saturated rings. The fraction of sp³-hybridized carbons (Fsp3) is 0.125. The van der Waals surface area contributed by atoms with Crippen molar-refractivity contribution in [2.24, 2.45) is 0 Å². The first kappa shape index (κ1) is 20.2. The molecule has 7 nitrogen and oxygen atoms in total. The van der Waals surface area contributed by atoms with E-state index in [0.29, 0.717) is 10.7 Å². The number of sulfonamides is 1. The second-order valence-corrected chi connectivity index (χ2v) is 7.67. The first-order valence-electron chi connectivity index (χ1n) is 7.38. The quantitative estimate of drug-likeness (QED) is 0.604. The van der Waals surface area contributed by atoms with Gasteiger partial charge in [-0.15, -0.1) is 4.83 Å². The van der Waals surface area contributed by atoms with Gasteiger partial charge in [0.05, 0.1) is 15.6 Å². The number of carbonyl (C=O) groups is 2. The molecule has 3 N–H and O–H groups in total. The number of hydrogen-bond donors (Lipinski definition) is 3. The number of amides is 2. The van der Waals surface area contributed by atoms with Crippen LogP contribution in [0.5, 0.6) is 0 Å². The summed E-state index contributed by atoms with van der Waals surface area (Å²) in [6.45, 7) is 0. The second kappa shape index (κ2) is 9.00. The molecule has 10 heteroatoms. The standard InChI is InChI=1S/C16H15Cl2N3O4S/c17-11-6-7-14(13(18)10-11)19-15(22)8-9-16(23)20-21-26(24,25)12-4-2-1-3-5-12/h1-7,10,21H,8-9H2,(H,19,22)(H,20,23). The molecule has 2 amide bonds. The predicted molar refractivity (Wildman–Crippen MR) is 99.2 cm³/mol. The SMILES string of the molecule is O=C(CCC(=O)Nc1ccc(Cl)cc1Cl)NNS(=O)(=O)c1ccccc1. The maximum Gasteiger partial charge on any atom is 0.257 e. The predicted octanol–water partition coefficient (Wildman–Crippen LogP) is 2.72. The van der Waals surface area contributed by atoms with E-state index in [2.05, 4.69) is 10.7 Å². The van der Waals surface area contributed by atoms with Gasteiger partial charge in [0, 0.05) is 17.9 Å². The molecule has 0 saturated carbocycles. The molecule has 0 aliphatic rings. The van der Waals surface area contributed by atoms with Gasteiger partial charge in [-0.25, -0.2) is 8.42 Å². The van der Waals surface area contributed by atoms with Gasteiger partial charge in [0.15, 0.2) is 0 Å². The van der Waals surface area contributed by atoms with E-state index < -0.39 is 21.8 Å². The Kier molecular flexibility index (Phi) is 6.98. The molecule has 0 radical (unpaired) electrons. The monoisotopic (exact) mass is 415 g/mol. The zero-order valence-electron chi connectivity index (χ0n) is 13.3. The summed E-state index contributed by atoms with van der Waals surface area (Å²) in [4.78, 5) is 25.6. The molecule has 2 aromatic carbocycles. The number of hydrazine groups is 1. The topological polar surface area (TPSA) is 104 Å². The summed E-state index contributed by atoms with van der Waals surface area (Å²) in [5.74, 6) is -1.10. The van der Waals surface area contributed by atoms with Gasteiger partial charge in [-0.1, -0.05) is 41.4 Å². The molecule has 0 heterocycles. The van der Waals surface area contributed by atoms with Gasteiger partial charge in [-0.2, -0.15) is 0 Å². The van der Waals surface area contributed by atoms with Crippen LogP contribution in [0.15, 0.2) is 53.4 Å². The van der Waals surface area contributed by atoms with E-state index in [9.17, 15) is 18.0 Å². The first-order valence-corrected chi connectivity index (χ1v) is 9.62. The van der Waals surface area contributed by atoms with Crippen molar-refractivity contribution in [2.45, 2.75) is 17.7 Å². The molecule has 0 saturated heterocycles. The highest BCUT2D eigenvalue weighted by atomic mass is 35.5. The summed E-state index contributed by atoms with van der Waals surface area (Å²) in [5.41, 5.74) is 2.43. The van der Waals surface area contributed by atoms with Crippen LogP contribution < -0.4 is 15.6 Å². The number of rotatable bonds is 7. The second-order valence-electron chi connectivity index (χ2n) is 5.14. The van der Waals surface area contributed by atoms with E-state index in [-0.39, 0.29) is 22.8 Å². The summed E-state index contributed by atoms with van der Waals surface area (Å²) in [6, 6.07) is 12.1. The average Bonchev–Trinajstić information content (AvgIpc) is 2.61. The molecule has 0 unspecified atom stereocenters. The Hall–Kier alpha value is -2.13. The van der Waals surface area contributed by atoms with E-state index in [4.69, 9.17) is 23.2 Å². The van der Waals surface area contributed by atoms with Crippen LogP contribution in [0.1, 0.15) is 12.8 Å². The third-order valence-electron chi connectivity index (χ3n) is 3.16. The summed E-state index contributed by atoms with van der Waals surface area (Å²) in [7, 11) is -3.86. The van der Waals surface area contributed by atoms with E-state index in [1.165, 1.54) is 24.3 Å². The van der Waals surface area contributed by atoms with Crippen LogP contribution in [-0.4, -0.2) is 20.2 Å². The molecule has 0 bridgehead atoms. The van der Waals surface area contributed by atoms with Gasteiger partial charge in [0.1, 0.15) is 0 Å². The summed E-state index contributed by atoms with van der Waals surface area (Å²) >= 11 is 11.7. The Labute approximate surface area is 160 Å². The lowest BCUT2D eigenvalue weighted by atomic mass is 10.2. The normalized spacial score (nSPS) is 11.0. The molecule has 26 heavy (non-hydrogen) atoms. The number of halogens is 2. The van der Waals surface area contributed by atoms with Crippen LogP contribution in [-0.2, 0) is 19.6 Å². The van der Waals surface area contributed by atoms with Crippen LogP contribution in [0.4, 0.5) is 5.69 Å². The number of anilines is 1. The minimum atomic E-state index is -3.86. The van der Waals surface area contributed by atoms with Crippen LogP contribution in [0.3, 0.4) is 0 Å². The van der Waals surface area contributed by atoms with Gasteiger partial charge in [-0.05, 0) is 30.3 Å². The van der Waals surface area contributed by atoms with E-state index in [0.717, 1.165) is 0 Å². The molecule has 2 aromatic rings. The fourth-order valence-corrected chi connectivity index (χ4v) is 3.21. The van der Waals surface area contributed by atoms with E-state index in [1.54, 1.807) is 24.3 Å². The Morgan fingerprint density at radius 1 is 0.923 bits per heavy atom. The van der Waals surface area contributed by atoms with E-state index in [1.807, 2.05) is 4.83 Å². The largest absolute Gasteiger partial charge is 0.325 e. The Balaban J connectivity index is 1.80. The zero-order valence-corrected chi connectivity index (χ0v) is 15.7. The maximum atomic E-state index is 12.0. The van der Waals surface area contributed by atoms with Crippen LogP contribution in [0.25, 0.3) is 0 Å². The van der Waals surface area contributed by atoms with Gasteiger partial charge >= 0.3 is 0 Å². The van der Waals surface area contributed by atoms with Gasteiger partial charge in [-0.3, -0.25) is 15.0 Å². The van der Waals surface area contributed by atoms with Crippen molar-refractivity contribution >= 4 is 50.7 Å². The van der Waals surface area contributed by atoms with Gasteiger partial charge < -0.3 is 5.32 Å². The summed E-state index contributed by atoms with van der Waals surface area (Å²) in [6.07, 6.45) is -0.369. The van der Waals surface area contributed by atoms with E-state index >= 15 is 0 Å². The molecule has 0 spiro atoms. The van der Waals surface area contributed by atoms with Crippen molar-refractivity contribution < 1.29 is 18.0 Å². The lowest BCUT2D eigenvalue weighted by Crippen LogP contribution is -2.41. The summed E-state index contributed by atoms with van der Waals surface area (Å²) in [5, 5.41) is 3.24. The molecule has 0 aromatic heterocycles. The van der Waals surface area contributed by atoms with Crippen molar-refractivity contribution in [3.05, 3.63) is 58.6 Å². The molecule has 0 aliphatic carbocycles. The Morgan fingerprint density at radius 3 is 2.23 bits per heavy atom. The highest BCUT2D eigenvalue weighted by Gasteiger charge is 2.15. The van der Waals surface area contributed by atoms with Gasteiger partial charge in [0.25, 0.3) is 10.0 Å². The highest BCUT2D eigenvalue weighted by Crippen LogP contribution is 2.25. The van der Waals surface area contributed by atoms with Crippen molar-refractivity contribution in [3.63, 3.8) is 0 Å². The Bertz CT molecular complexity index is 905. The number of benzene rings is 2. The number of carbonyl (C=O) groups excluding carboxylic acids is 2. The maximum absolute atomic E-state index is 12.0. The minimum Gasteiger partial charge on any atom is -0.325 e. The molecule has 0 aliphatic heterocycles. The fourth-order valence-electron chi connectivity index (χ4n) is 1.88. The highest BCUT2D eigenvalue weighted by molar-refractivity contribution is 7.89. The van der Waals surface area contributed by atoms with Crippen LogP contribution in [0, 0.1) is 0 Å². The minimum absolute atomic E-state index is 0.00965. The van der Waals surface area contributed by atoms with Gasteiger partial charge in [0.2, 0.25) is 11.8 Å². The summed E-state index contributed by atoms with van der Waals surface area (Å²) < 4.78 is 23.9. The smallest absolute Gasteiger partial charge is 0.257 e. The molecule has 138 valence electrons. The number of hydrogen-bond acceptors (Lipinski definition) is 4. The third kappa shape index (κ3) is 5.99.